The van der Waals surface area contributed by atoms with Crippen LogP contribution in [0.25, 0.3) is 0 Å². The van der Waals surface area contributed by atoms with Crippen molar-refractivity contribution in [2.24, 2.45) is 0 Å². The van der Waals surface area contributed by atoms with Gasteiger partial charge >= 0.3 is 0 Å². The summed E-state index contributed by atoms with van der Waals surface area (Å²) < 4.78 is 2.58. The van der Waals surface area contributed by atoms with E-state index >= 15 is 0 Å². The summed E-state index contributed by atoms with van der Waals surface area (Å²) in [6.45, 7) is 9.91. The van der Waals surface area contributed by atoms with Crippen LogP contribution in [0.2, 0.25) is 19.6 Å². The maximum atomic E-state index is 2.58. The minimum absolute atomic E-state index is 0.790. The lowest BCUT2D eigenvalue weighted by molar-refractivity contribution is 0.847. The fourth-order valence-corrected chi connectivity index (χ4v) is 2.16. The average molecular weight is 115 g/mol. The molecule has 2 heteroatoms. The van der Waals surface area contributed by atoms with Crippen LogP contribution in [0.15, 0.2) is 0 Å². The van der Waals surface area contributed by atoms with E-state index < -0.39 is 8.24 Å². The van der Waals surface area contributed by atoms with E-state index in [9.17, 15) is 0 Å². The van der Waals surface area contributed by atoms with Crippen LogP contribution >= 0.6 is 0 Å². The van der Waals surface area contributed by atoms with Gasteiger partial charge in [-0.3, -0.25) is 0 Å². The minimum atomic E-state index is -0.790. The van der Waals surface area contributed by atoms with Crippen molar-refractivity contribution in [2.45, 2.75) is 19.6 Å². The van der Waals surface area contributed by atoms with Crippen molar-refractivity contribution < 1.29 is 0 Å². The third kappa shape index (κ3) is 1.28. The molecule has 1 rings (SSSR count). The maximum absolute atomic E-state index is 2.58. The molecule has 1 nitrogen and oxygen atoms in total. The number of hydrogen-bond acceptors (Lipinski definition) is 1. The molecular weight excluding hydrogens is 102 g/mol. The Balaban J connectivity index is 2.36. The van der Waals surface area contributed by atoms with Gasteiger partial charge in [-0.2, -0.15) is 0 Å². The molecule has 1 saturated heterocycles. The zero-order valence-corrected chi connectivity index (χ0v) is 6.36. The van der Waals surface area contributed by atoms with Crippen molar-refractivity contribution >= 4 is 8.24 Å². The first-order valence-corrected chi connectivity index (χ1v) is 6.30. The molecule has 1 fully saturated rings. The Hall–Kier alpha value is 0.177. The van der Waals surface area contributed by atoms with Crippen LogP contribution in [0.4, 0.5) is 0 Å². The van der Waals surface area contributed by atoms with E-state index in [0.29, 0.717) is 0 Å². The predicted octanol–water partition coefficient (Wildman–Crippen LogP) is 1.14. The summed E-state index contributed by atoms with van der Waals surface area (Å²) in [6, 6.07) is 0. The van der Waals surface area contributed by atoms with Gasteiger partial charge in [0.25, 0.3) is 0 Å². The standard InChI is InChI=1S/C5H13NSi/c1-7(2,3)6-4-5-6/h4-5H2,1-3H3. The molecule has 0 radical (unpaired) electrons. The topological polar surface area (TPSA) is 3.01 Å². The van der Waals surface area contributed by atoms with Crippen LogP contribution in [0, 0.1) is 0 Å². The molecule has 0 spiro atoms. The second-order valence-corrected chi connectivity index (χ2v) is 8.13. The molecule has 7 heavy (non-hydrogen) atoms. The highest BCUT2D eigenvalue weighted by molar-refractivity contribution is 6.73. The summed E-state index contributed by atoms with van der Waals surface area (Å²) in [5.74, 6) is 0. The van der Waals surface area contributed by atoms with E-state index in [4.69, 9.17) is 0 Å². The van der Waals surface area contributed by atoms with Crippen LogP contribution in [-0.4, -0.2) is 25.9 Å². The highest BCUT2D eigenvalue weighted by Crippen LogP contribution is 2.16. The smallest absolute Gasteiger partial charge is 0.119 e. The fraction of sp³-hybridized carbons (Fsp3) is 1.00. The first-order chi connectivity index (χ1) is 3.11. The summed E-state index contributed by atoms with van der Waals surface area (Å²) in [5.41, 5.74) is 0. The third-order valence-corrected chi connectivity index (χ3v) is 3.74. The Morgan fingerprint density at radius 1 is 1.14 bits per heavy atom. The fourth-order valence-electron chi connectivity index (χ4n) is 0.721. The monoisotopic (exact) mass is 115 g/mol. The van der Waals surface area contributed by atoms with Crippen LogP contribution in [0.5, 0.6) is 0 Å². The van der Waals surface area contributed by atoms with Gasteiger partial charge in [-0.25, -0.2) is 0 Å². The van der Waals surface area contributed by atoms with Gasteiger partial charge in [0.1, 0.15) is 8.24 Å². The highest BCUT2D eigenvalue weighted by atomic mass is 28.3. The van der Waals surface area contributed by atoms with Crippen molar-refractivity contribution in [2.75, 3.05) is 13.1 Å². The Morgan fingerprint density at radius 2 is 1.57 bits per heavy atom. The lowest BCUT2D eigenvalue weighted by Gasteiger charge is -2.15. The Bertz CT molecular complexity index is 70.6. The van der Waals surface area contributed by atoms with Gasteiger partial charge in [0.05, 0.1) is 0 Å². The molecule has 0 aliphatic carbocycles. The van der Waals surface area contributed by atoms with Crippen molar-refractivity contribution in [3.63, 3.8) is 0 Å². The average Bonchev–Trinajstić information content (AvgIpc) is 1.99. The number of nitrogens with zero attached hydrogens (tertiary/aromatic N) is 1. The summed E-state index contributed by atoms with van der Waals surface area (Å²) in [4.78, 5) is 0. The molecule has 0 aromatic heterocycles. The van der Waals surface area contributed by atoms with Crippen molar-refractivity contribution in [3.8, 4) is 0 Å². The van der Waals surface area contributed by atoms with Crippen molar-refractivity contribution in [1.29, 1.82) is 0 Å². The van der Waals surface area contributed by atoms with Crippen molar-refractivity contribution in [1.82, 2.24) is 4.57 Å². The Kier molecular flexibility index (Phi) is 1.01. The molecule has 1 aliphatic rings. The zero-order chi connectivity index (χ0) is 5.49. The van der Waals surface area contributed by atoms with Crippen molar-refractivity contribution in [3.05, 3.63) is 0 Å². The van der Waals surface area contributed by atoms with Gasteiger partial charge in [0.2, 0.25) is 0 Å². The van der Waals surface area contributed by atoms with Crippen LogP contribution in [0.3, 0.4) is 0 Å². The Morgan fingerprint density at radius 3 is 1.57 bits per heavy atom. The van der Waals surface area contributed by atoms with Crippen LogP contribution < -0.4 is 0 Å². The highest BCUT2D eigenvalue weighted by Gasteiger charge is 2.31. The molecule has 1 heterocycles. The molecule has 42 valence electrons. The molecule has 0 saturated carbocycles. The summed E-state index contributed by atoms with van der Waals surface area (Å²) in [7, 11) is -0.790. The summed E-state index contributed by atoms with van der Waals surface area (Å²) in [5, 5.41) is 0. The van der Waals surface area contributed by atoms with E-state index in [1.807, 2.05) is 0 Å². The molecule has 0 aromatic rings. The van der Waals surface area contributed by atoms with Gasteiger partial charge in [0, 0.05) is 13.1 Å². The maximum Gasteiger partial charge on any atom is 0.119 e. The van der Waals surface area contributed by atoms with Gasteiger partial charge < -0.3 is 4.57 Å². The van der Waals surface area contributed by atoms with E-state index in [0.717, 1.165) is 0 Å². The quantitative estimate of drug-likeness (QED) is 0.366. The SMILES string of the molecule is C[Si](C)(C)N1CC1. The third-order valence-electron chi connectivity index (χ3n) is 1.40. The van der Waals surface area contributed by atoms with E-state index in [1.165, 1.54) is 13.1 Å². The van der Waals surface area contributed by atoms with Gasteiger partial charge in [0.15, 0.2) is 0 Å². The Labute approximate surface area is 46.4 Å². The molecule has 0 unspecified atom stereocenters. The predicted molar refractivity (Wildman–Crippen MR) is 34.9 cm³/mol. The molecule has 0 atom stereocenters. The number of rotatable bonds is 1. The van der Waals surface area contributed by atoms with Gasteiger partial charge in [-0.15, -0.1) is 0 Å². The van der Waals surface area contributed by atoms with E-state index in [1.54, 1.807) is 0 Å². The molecule has 0 bridgehead atoms. The van der Waals surface area contributed by atoms with Gasteiger partial charge in [-0.05, 0) is 0 Å². The molecule has 0 aromatic carbocycles. The molecular formula is C5H13NSi. The molecule has 1 aliphatic heterocycles. The lowest BCUT2D eigenvalue weighted by atomic mass is 11.0. The lowest BCUT2D eigenvalue weighted by Crippen LogP contribution is -2.31. The van der Waals surface area contributed by atoms with Crippen LogP contribution in [-0.2, 0) is 0 Å². The number of hydrogen-bond donors (Lipinski definition) is 0. The van der Waals surface area contributed by atoms with Crippen LogP contribution in [0.1, 0.15) is 0 Å². The molecule has 0 amide bonds. The first-order valence-electron chi connectivity index (χ1n) is 2.86. The summed E-state index contributed by atoms with van der Waals surface area (Å²) in [6.07, 6.45) is 0. The van der Waals surface area contributed by atoms with E-state index in [-0.39, 0.29) is 0 Å². The second kappa shape index (κ2) is 1.33. The molecule has 0 N–H and O–H groups in total. The van der Waals surface area contributed by atoms with Gasteiger partial charge in [-0.1, -0.05) is 19.6 Å². The largest absolute Gasteiger partial charge is 0.321 e. The van der Waals surface area contributed by atoms with E-state index in [2.05, 4.69) is 24.2 Å². The zero-order valence-electron chi connectivity index (χ0n) is 5.36. The normalized spacial score (nSPS) is 22.7. The second-order valence-electron chi connectivity index (χ2n) is 3.16. The summed E-state index contributed by atoms with van der Waals surface area (Å²) >= 11 is 0. The minimum Gasteiger partial charge on any atom is -0.321 e. The first kappa shape index (κ1) is 5.32.